The number of methoxy groups -OCH3 is 1. The molecule has 0 heterocycles. The number of hydrogen-bond donors (Lipinski definition) is 2. The van der Waals surface area contributed by atoms with Crippen LogP contribution >= 0.6 is 12.6 Å². The first-order valence-electron chi connectivity index (χ1n) is 3.98. The summed E-state index contributed by atoms with van der Waals surface area (Å²) in [6, 6.07) is 2.08. The maximum Gasteiger partial charge on any atom is 0.165 e. The molecule has 0 spiro atoms. The zero-order valence-corrected chi connectivity index (χ0v) is 8.74. The molecule has 1 atom stereocenters. The van der Waals surface area contributed by atoms with Crippen LogP contribution < -0.4 is 10.1 Å². The molecule has 0 aliphatic rings. The highest BCUT2D eigenvalue weighted by Crippen LogP contribution is 2.26. The highest BCUT2D eigenvalue weighted by Gasteiger charge is 2.14. The van der Waals surface area contributed by atoms with Gasteiger partial charge in [-0.05, 0) is 13.1 Å². The van der Waals surface area contributed by atoms with E-state index >= 15 is 0 Å². The van der Waals surface area contributed by atoms with Crippen molar-refractivity contribution in [2.45, 2.75) is 5.37 Å². The number of hydrogen-bond acceptors (Lipinski definition) is 3. The largest absolute Gasteiger partial charge is 0.494 e. The van der Waals surface area contributed by atoms with Crippen LogP contribution in [0.4, 0.5) is 8.78 Å². The summed E-state index contributed by atoms with van der Waals surface area (Å²) in [5.74, 6) is -1.25. The maximum atomic E-state index is 13.3. The lowest BCUT2D eigenvalue weighted by atomic mass is 10.2. The molecule has 5 heteroatoms. The van der Waals surface area contributed by atoms with E-state index in [0.717, 1.165) is 12.1 Å². The molecule has 0 fully saturated rings. The average molecular weight is 219 g/mol. The lowest BCUT2D eigenvalue weighted by Gasteiger charge is -2.12. The first kappa shape index (κ1) is 11.3. The molecule has 1 aromatic carbocycles. The Morgan fingerprint density at radius 2 is 2.00 bits per heavy atom. The van der Waals surface area contributed by atoms with Crippen molar-refractivity contribution in [2.24, 2.45) is 0 Å². The zero-order chi connectivity index (χ0) is 10.7. The van der Waals surface area contributed by atoms with E-state index in [-0.39, 0.29) is 11.3 Å². The third-order valence-electron chi connectivity index (χ3n) is 1.84. The first-order valence-corrected chi connectivity index (χ1v) is 4.50. The van der Waals surface area contributed by atoms with Gasteiger partial charge < -0.3 is 10.1 Å². The van der Waals surface area contributed by atoms with Gasteiger partial charge in [-0.25, -0.2) is 8.78 Å². The average Bonchev–Trinajstić information content (AvgIpc) is 2.19. The minimum Gasteiger partial charge on any atom is -0.494 e. The molecule has 0 amide bonds. The second-order valence-corrected chi connectivity index (χ2v) is 3.22. The normalized spacial score (nSPS) is 12.6. The molecular formula is C9H11F2NOS. The second-order valence-electron chi connectivity index (χ2n) is 2.70. The highest BCUT2D eigenvalue weighted by atomic mass is 32.1. The van der Waals surface area contributed by atoms with Crippen molar-refractivity contribution in [2.75, 3.05) is 14.2 Å². The van der Waals surface area contributed by atoms with Gasteiger partial charge in [-0.15, -0.1) is 0 Å². The lowest BCUT2D eigenvalue weighted by Crippen LogP contribution is -2.12. The molecule has 0 saturated carbocycles. The summed E-state index contributed by atoms with van der Waals surface area (Å²) in [7, 11) is 2.90. The van der Waals surface area contributed by atoms with Crippen LogP contribution in [0.5, 0.6) is 5.75 Å². The van der Waals surface area contributed by atoms with Gasteiger partial charge in [0.2, 0.25) is 0 Å². The van der Waals surface area contributed by atoms with E-state index in [2.05, 4.69) is 22.7 Å². The van der Waals surface area contributed by atoms with Crippen LogP contribution in [-0.4, -0.2) is 14.2 Å². The van der Waals surface area contributed by atoms with Gasteiger partial charge in [0.15, 0.2) is 11.6 Å². The molecule has 0 aromatic heterocycles. The SMILES string of the molecule is CNC(S)c1cc(F)c(OC)cc1F. The van der Waals surface area contributed by atoms with Crippen molar-refractivity contribution in [3.63, 3.8) is 0 Å². The highest BCUT2D eigenvalue weighted by molar-refractivity contribution is 7.80. The quantitative estimate of drug-likeness (QED) is 0.600. The van der Waals surface area contributed by atoms with Crippen LogP contribution in [-0.2, 0) is 0 Å². The van der Waals surface area contributed by atoms with E-state index in [4.69, 9.17) is 0 Å². The summed E-state index contributed by atoms with van der Waals surface area (Å²) in [5.41, 5.74) is 0.161. The fraction of sp³-hybridized carbons (Fsp3) is 0.333. The van der Waals surface area contributed by atoms with Crippen molar-refractivity contribution in [3.8, 4) is 5.75 Å². The fourth-order valence-electron chi connectivity index (χ4n) is 1.07. The molecule has 1 rings (SSSR count). The summed E-state index contributed by atoms with van der Waals surface area (Å²) in [5, 5.41) is 2.17. The topological polar surface area (TPSA) is 21.3 Å². The van der Waals surface area contributed by atoms with E-state index in [0.29, 0.717) is 0 Å². The van der Waals surface area contributed by atoms with Gasteiger partial charge in [0.05, 0.1) is 12.5 Å². The van der Waals surface area contributed by atoms with Crippen molar-refractivity contribution in [1.82, 2.24) is 5.32 Å². The second kappa shape index (κ2) is 4.61. The third-order valence-corrected chi connectivity index (χ3v) is 2.38. The number of ether oxygens (including phenoxy) is 1. The summed E-state index contributed by atoms with van der Waals surface area (Å²) < 4.78 is 31.1. The monoisotopic (exact) mass is 219 g/mol. The zero-order valence-electron chi connectivity index (χ0n) is 7.84. The molecule has 0 radical (unpaired) electrons. The smallest absolute Gasteiger partial charge is 0.165 e. The Morgan fingerprint density at radius 3 is 2.50 bits per heavy atom. The summed E-state index contributed by atoms with van der Waals surface area (Å²) in [6.45, 7) is 0. The number of nitrogens with one attached hydrogen (secondary N) is 1. The molecule has 2 nitrogen and oxygen atoms in total. The van der Waals surface area contributed by atoms with Crippen LogP contribution in [0.2, 0.25) is 0 Å². The number of halogens is 2. The number of benzene rings is 1. The van der Waals surface area contributed by atoms with E-state index in [9.17, 15) is 8.78 Å². The van der Waals surface area contributed by atoms with Gasteiger partial charge in [-0.1, -0.05) is 0 Å². The van der Waals surface area contributed by atoms with Crippen LogP contribution in [0.25, 0.3) is 0 Å². The van der Waals surface area contributed by atoms with Crippen LogP contribution in [0, 0.1) is 11.6 Å². The predicted molar refractivity (Wildman–Crippen MR) is 53.7 cm³/mol. The van der Waals surface area contributed by atoms with Gasteiger partial charge in [-0.2, -0.15) is 12.6 Å². The third kappa shape index (κ3) is 2.16. The van der Waals surface area contributed by atoms with E-state index in [1.54, 1.807) is 7.05 Å². The van der Waals surface area contributed by atoms with E-state index in [1.807, 2.05) is 0 Å². The first-order chi connectivity index (χ1) is 6.60. The molecule has 0 saturated heterocycles. The van der Waals surface area contributed by atoms with Crippen LogP contribution in [0.15, 0.2) is 12.1 Å². The Kier molecular flexibility index (Phi) is 3.71. The minimum absolute atomic E-state index is 0.108. The molecular weight excluding hydrogens is 208 g/mol. The molecule has 0 bridgehead atoms. The Hall–Kier alpha value is -0.810. The Balaban J connectivity index is 3.14. The summed E-state index contributed by atoms with van der Waals surface area (Å²) >= 11 is 4.04. The molecule has 1 aromatic rings. The lowest BCUT2D eigenvalue weighted by molar-refractivity contribution is 0.381. The van der Waals surface area contributed by atoms with Gasteiger partial charge >= 0.3 is 0 Å². The Bertz CT molecular complexity index is 333. The van der Waals surface area contributed by atoms with Gasteiger partial charge in [0, 0.05) is 11.6 Å². The maximum absolute atomic E-state index is 13.3. The fourth-order valence-corrected chi connectivity index (χ4v) is 1.26. The van der Waals surface area contributed by atoms with Crippen molar-refractivity contribution in [3.05, 3.63) is 29.3 Å². The number of thiol groups is 1. The van der Waals surface area contributed by atoms with E-state index in [1.165, 1.54) is 7.11 Å². The molecule has 1 unspecified atom stereocenters. The van der Waals surface area contributed by atoms with Crippen LogP contribution in [0.1, 0.15) is 10.9 Å². The molecule has 78 valence electrons. The molecule has 1 N–H and O–H groups in total. The predicted octanol–water partition coefficient (Wildman–Crippen LogP) is 2.12. The van der Waals surface area contributed by atoms with Gasteiger partial charge in [-0.3, -0.25) is 0 Å². The Labute approximate surface area is 86.7 Å². The van der Waals surface area contributed by atoms with Crippen LogP contribution in [0.3, 0.4) is 0 Å². The van der Waals surface area contributed by atoms with Crippen molar-refractivity contribution >= 4 is 12.6 Å². The van der Waals surface area contributed by atoms with Gasteiger partial charge in [0.1, 0.15) is 5.82 Å². The van der Waals surface area contributed by atoms with E-state index < -0.39 is 17.0 Å². The number of rotatable bonds is 3. The Morgan fingerprint density at radius 1 is 1.36 bits per heavy atom. The van der Waals surface area contributed by atoms with Crippen molar-refractivity contribution in [1.29, 1.82) is 0 Å². The van der Waals surface area contributed by atoms with Crippen molar-refractivity contribution < 1.29 is 13.5 Å². The summed E-state index contributed by atoms with van der Waals surface area (Å²) in [4.78, 5) is 0. The molecule has 0 aliphatic carbocycles. The summed E-state index contributed by atoms with van der Waals surface area (Å²) in [6.07, 6.45) is 0. The van der Waals surface area contributed by atoms with Gasteiger partial charge in [0.25, 0.3) is 0 Å². The standard InChI is InChI=1S/C9H11F2NOS/c1-12-9(14)5-3-7(11)8(13-2)4-6(5)10/h3-4,9,12,14H,1-2H3. The molecule has 14 heavy (non-hydrogen) atoms. The molecule has 0 aliphatic heterocycles. The minimum atomic E-state index is -0.599.